The van der Waals surface area contributed by atoms with Crippen molar-refractivity contribution in [3.05, 3.63) is 39.0 Å². The number of hydrogen-bond donors (Lipinski definition) is 2. The molecule has 138 valence electrons. The topological polar surface area (TPSA) is 142 Å². The van der Waals surface area contributed by atoms with Gasteiger partial charge in [0.15, 0.2) is 0 Å². The van der Waals surface area contributed by atoms with Gasteiger partial charge in [-0.2, -0.15) is 0 Å². The van der Waals surface area contributed by atoms with Crippen molar-refractivity contribution < 1.29 is 26.7 Å². The molecule has 0 saturated heterocycles. The third-order valence-corrected chi connectivity index (χ3v) is 4.11. The van der Waals surface area contributed by atoms with E-state index in [0.717, 1.165) is 10.6 Å². The predicted octanol–water partition coefficient (Wildman–Crippen LogP) is 0.272. The summed E-state index contributed by atoms with van der Waals surface area (Å²) in [7, 11) is -2.76. The maximum absolute atomic E-state index is 13.4. The van der Waals surface area contributed by atoms with E-state index in [1.807, 2.05) is 0 Å². The van der Waals surface area contributed by atoms with Gasteiger partial charge in [0.05, 0.1) is 10.2 Å². The van der Waals surface area contributed by atoms with Crippen molar-refractivity contribution in [2.75, 3.05) is 13.2 Å². The predicted molar refractivity (Wildman–Crippen MR) is 86.9 cm³/mol. The average molecular weight is 450 g/mol. The number of halogens is 2. The Morgan fingerprint density at radius 2 is 2.12 bits per heavy atom. The molecule has 0 atom stereocenters. The van der Waals surface area contributed by atoms with Gasteiger partial charge in [-0.25, -0.2) is 31.5 Å². The molecular weight excluding hydrogens is 441 g/mol. The van der Waals surface area contributed by atoms with Gasteiger partial charge in [0.1, 0.15) is 12.4 Å². The SMILES string of the molecule is O=c1onc(-c2nonc2OCCN[SH](=O)=O)n1-c1ccc(F)c(Br)c1. The summed E-state index contributed by atoms with van der Waals surface area (Å²) < 4.78 is 52.1. The molecular formula is C12H9BrFN5O6S. The lowest BCUT2D eigenvalue weighted by molar-refractivity contribution is 0.258. The number of aromatic nitrogens is 4. The number of nitrogens with one attached hydrogen (secondary N) is 1. The fourth-order valence-corrected chi connectivity index (χ4v) is 2.59. The third-order valence-electron chi connectivity index (χ3n) is 3.02. The van der Waals surface area contributed by atoms with E-state index in [1.165, 1.54) is 12.1 Å². The zero-order chi connectivity index (χ0) is 18.7. The van der Waals surface area contributed by atoms with Crippen LogP contribution in [-0.2, 0) is 10.9 Å². The Labute approximate surface area is 153 Å². The highest BCUT2D eigenvalue weighted by Gasteiger charge is 2.24. The number of hydrogen-bond acceptors (Lipinski definition) is 9. The molecule has 0 saturated carbocycles. The molecule has 0 aliphatic heterocycles. The van der Waals surface area contributed by atoms with Crippen LogP contribution in [0, 0.1) is 5.82 Å². The van der Waals surface area contributed by atoms with Crippen molar-refractivity contribution in [1.82, 2.24) is 24.8 Å². The third kappa shape index (κ3) is 3.81. The summed E-state index contributed by atoms with van der Waals surface area (Å²) in [6.07, 6.45) is 0. The number of benzene rings is 1. The van der Waals surface area contributed by atoms with E-state index in [0.29, 0.717) is 0 Å². The lowest BCUT2D eigenvalue weighted by Crippen LogP contribution is -2.19. The van der Waals surface area contributed by atoms with E-state index in [-0.39, 0.29) is 40.7 Å². The van der Waals surface area contributed by atoms with Crippen molar-refractivity contribution in [3.63, 3.8) is 0 Å². The molecule has 3 aromatic rings. The number of nitrogens with zero attached hydrogens (tertiary/aromatic N) is 4. The van der Waals surface area contributed by atoms with Crippen LogP contribution in [0.3, 0.4) is 0 Å². The Hall–Kier alpha value is -2.58. The summed E-state index contributed by atoms with van der Waals surface area (Å²) in [4.78, 5) is 12.0. The largest absolute Gasteiger partial charge is 0.472 e. The Morgan fingerprint density at radius 3 is 2.85 bits per heavy atom. The summed E-state index contributed by atoms with van der Waals surface area (Å²) >= 11 is 3.03. The quantitative estimate of drug-likeness (QED) is 0.383. The van der Waals surface area contributed by atoms with Crippen LogP contribution in [0.15, 0.2) is 36.6 Å². The van der Waals surface area contributed by atoms with Crippen LogP contribution >= 0.6 is 15.9 Å². The highest BCUT2D eigenvalue weighted by Crippen LogP contribution is 2.27. The van der Waals surface area contributed by atoms with Crippen molar-refractivity contribution in [2.24, 2.45) is 0 Å². The molecule has 0 radical (unpaired) electrons. The molecule has 0 bridgehead atoms. The first-order valence-corrected chi connectivity index (χ1v) is 8.82. The van der Waals surface area contributed by atoms with Crippen molar-refractivity contribution >= 4 is 26.8 Å². The molecule has 2 heterocycles. The second kappa shape index (κ2) is 7.76. The molecule has 14 heteroatoms. The fraction of sp³-hybridized carbons (Fsp3) is 0.167. The maximum atomic E-state index is 13.4. The summed E-state index contributed by atoms with van der Waals surface area (Å²) in [5, 5.41) is 10.8. The van der Waals surface area contributed by atoms with Crippen molar-refractivity contribution in [1.29, 1.82) is 0 Å². The molecule has 1 aromatic carbocycles. The smallest absolute Gasteiger partial charge is 0.446 e. The van der Waals surface area contributed by atoms with Crippen molar-refractivity contribution in [2.45, 2.75) is 0 Å². The molecule has 0 aliphatic carbocycles. The average Bonchev–Trinajstić information content (AvgIpc) is 3.20. The van der Waals surface area contributed by atoms with Crippen LogP contribution < -0.4 is 15.2 Å². The van der Waals surface area contributed by atoms with Gasteiger partial charge in [-0.1, -0.05) is 5.16 Å². The van der Waals surface area contributed by atoms with Gasteiger partial charge < -0.3 is 4.74 Å². The van der Waals surface area contributed by atoms with Crippen LogP contribution in [0.1, 0.15) is 0 Å². The lowest BCUT2D eigenvalue weighted by atomic mass is 10.3. The van der Waals surface area contributed by atoms with Gasteiger partial charge in [0.2, 0.25) is 22.4 Å². The van der Waals surface area contributed by atoms with Gasteiger partial charge in [-0.15, -0.1) is 0 Å². The maximum Gasteiger partial charge on any atom is 0.446 e. The molecule has 11 nitrogen and oxygen atoms in total. The molecule has 0 unspecified atom stereocenters. The first-order chi connectivity index (χ1) is 12.5. The zero-order valence-corrected chi connectivity index (χ0v) is 15.1. The van der Waals surface area contributed by atoms with Gasteiger partial charge in [0.25, 0.3) is 5.88 Å². The van der Waals surface area contributed by atoms with E-state index in [2.05, 4.69) is 45.3 Å². The van der Waals surface area contributed by atoms with Crippen LogP contribution in [-0.4, -0.2) is 41.6 Å². The van der Waals surface area contributed by atoms with Crippen LogP contribution in [0.5, 0.6) is 5.88 Å². The number of ether oxygens (including phenoxy) is 1. The van der Waals surface area contributed by atoms with E-state index in [9.17, 15) is 17.6 Å². The summed E-state index contributed by atoms with van der Waals surface area (Å²) in [5.41, 5.74) is 0.196. The molecule has 1 N–H and O–H groups in total. The van der Waals surface area contributed by atoms with E-state index in [1.54, 1.807) is 0 Å². The molecule has 0 amide bonds. The number of thiol groups is 1. The second-order valence-electron chi connectivity index (χ2n) is 4.64. The molecule has 0 spiro atoms. The lowest BCUT2D eigenvalue weighted by Gasteiger charge is -2.05. The summed E-state index contributed by atoms with van der Waals surface area (Å²) in [6, 6.07) is 3.84. The van der Waals surface area contributed by atoms with Crippen LogP contribution in [0.2, 0.25) is 0 Å². The van der Waals surface area contributed by atoms with Gasteiger partial charge in [-0.05, 0) is 44.4 Å². The fourth-order valence-electron chi connectivity index (χ4n) is 1.95. The van der Waals surface area contributed by atoms with E-state index in [4.69, 9.17) is 4.74 Å². The van der Waals surface area contributed by atoms with Crippen LogP contribution in [0.4, 0.5) is 4.39 Å². The monoisotopic (exact) mass is 449 g/mol. The van der Waals surface area contributed by atoms with Crippen LogP contribution in [0.25, 0.3) is 17.2 Å². The van der Waals surface area contributed by atoms with E-state index >= 15 is 0 Å². The minimum Gasteiger partial charge on any atom is -0.472 e. The zero-order valence-electron chi connectivity index (χ0n) is 12.6. The molecule has 3 rings (SSSR count). The standard InChI is InChI=1S/C12H9BrFN5O6S/c13-7-5-6(1-2-8(7)14)19-10(17-24-12(19)20)9-11(18-25-16-9)23-4-3-15-26(21)22/h1-2,5,26H,3-4H2,(H,15,21,22). The Bertz CT molecular complexity index is 1050. The molecule has 26 heavy (non-hydrogen) atoms. The van der Waals surface area contributed by atoms with Gasteiger partial charge >= 0.3 is 5.76 Å². The Balaban J connectivity index is 1.93. The second-order valence-corrected chi connectivity index (χ2v) is 6.32. The minimum atomic E-state index is -2.76. The van der Waals surface area contributed by atoms with E-state index < -0.39 is 22.5 Å². The van der Waals surface area contributed by atoms with Gasteiger partial charge in [-0.3, -0.25) is 4.52 Å². The summed E-state index contributed by atoms with van der Waals surface area (Å²) in [5.74, 6) is -1.59. The normalized spacial score (nSPS) is 11.2. The Kier molecular flexibility index (Phi) is 5.43. The minimum absolute atomic E-state index is 0.0124. The van der Waals surface area contributed by atoms with Gasteiger partial charge in [0, 0.05) is 6.54 Å². The number of rotatable bonds is 7. The highest BCUT2D eigenvalue weighted by atomic mass is 79.9. The molecule has 0 fully saturated rings. The molecule has 2 aromatic heterocycles. The summed E-state index contributed by atoms with van der Waals surface area (Å²) in [6.45, 7) is -0.0871. The first-order valence-electron chi connectivity index (χ1n) is 6.85. The molecule has 0 aliphatic rings. The Morgan fingerprint density at radius 1 is 1.31 bits per heavy atom. The highest BCUT2D eigenvalue weighted by molar-refractivity contribution is 9.10. The first kappa shape index (κ1) is 18.2. The van der Waals surface area contributed by atoms with Crippen molar-refractivity contribution in [3.8, 4) is 23.1 Å².